The summed E-state index contributed by atoms with van der Waals surface area (Å²) in [6.45, 7) is 4.06. The van der Waals surface area contributed by atoms with Gasteiger partial charge in [0.25, 0.3) is 0 Å². The van der Waals surface area contributed by atoms with E-state index in [0.717, 1.165) is 12.0 Å². The highest BCUT2D eigenvalue weighted by atomic mass is 16.5. The molecule has 2 unspecified atom stereocenters. The maximum Gasteiger partial charge on any atom is 0.343 e. The Labute approximate surface area is 153 Å². The fourth-order valence-corrected chi connectivity index (χ4v) is 2.68. The standard InChI is InChI=1S/C22H22O4/c1-15-3-7-17(8-4-15)21(23)25-19-11-13-20(14-12-19)26-22(24)18-9-5-16(2)6-10-18/h3-5,7-13,16,20H,6,14H2,1-2H3. The zero-order valence-electron chi connectivity index (χ0n) is 15.0. The molecule has 26 heavy (non-hydrogen) atoms. The normalized spacial score (nSPS) is 21.6. The van der Waals surface area contributed by atoms with Gasteiger partial charge in [0.1, 0.15) is 11.9 Å². The summed E-state index contributed by atoms with van der Waals surface area (Å²) in [6.07, 6.45) is 11.9. The summed E-state index contributed by atoms with van der Waals surface area (Å²) in [5.41, 5.74) is 2.18. The Kier molecular flexibility index (Phi) is 5.52. The molecule has 1 aromatic rings. The molecule has 0 spiro atoms. The fraction of sp³-hybridized carbons (Fsp3) is 0.273. The van der Waals surface area contributed by atoms with Crippen molar-refractivity contribution in [2.24, 2.45) is 5.92 Å². The molecule has 2 aliphatic rings. The van der Waals surface area contributed by atoms with Crippen LogP contribution in [0.2, 0.25) is 0 Å². The van der Waals surface area contributed by atoms with E-state index in [-0.39, 0.29) is 12.1 Å². The summed E-state index contributed by atoms with van der Waals surface area (Å²) < 4.78 is 10.9. The molecule has 134 valence electrons. The Balaban J connectivity index is 1.51. The molecule has 0 bridgehead atoms. The van der Waals surface area contributed by atoms with E-state index in [1.54, 1.807) is 30.4 Å². The topological polar surface area (TPSA) is 52.6 Å². The van der Waals surface area contributed by atoms with Crippen LogP contribution in [0.1, 0.15) is 35.7 Å². The van der Waals surface area contributed by atoms with Gasteiger partial charge < -0.3 is 9.47 Å². The fourth-order valence-electron chi connectivity index (χ4n) is 2.68. The zero-order valence-corrected chi connectivity index (χ0v) is 15.0. The van der Waals surface area contributed by atoms with Crippen molar-refractivity contribution in [2.45, 2.75) is 32.8 Å². The Bertz CT molecular complexity index is 809. The molecule has 1 aromatic carbocycles. The maximum absolute atomic E-state index is 12.2. The highest BCUT2D eigenvalue weighted by Gasteiger charge is 2.19. The lowest BCUT2D eigenvalue weighted by Gasteiger charge is -2.18. The number of benzene rings is 1. The lowest BCUT2D eigenvalue weighted by atomic mass is 9.98. The number of hydrogen-bond donors (Lipinski definition) is 0. The molecule has 0 aliphatic heterocycles. The van der Waals surface area contributed by atoms with Crippen molar-refractivity contribution in [3.8, 4) is 0 Å². The lowest BCUT2D eigenvalue weighted by Crippen LogP contribution is -2.19. The van der Waals surface area contributed by atoms with Crippen molar-refractivity contribution in [3.63, 3.8) is 0 Å². The van der Waals surface area contributed by atoms with Crippen molar-refractivity contribution in [3.05, 3.63) is 83.2 Å². The van der Waals surface area contributed by atoms with Gasteiger partial charge in [-0.05, 0) is 49.6 Å². The summed E-state index contributed by atoms with van der Waals surface area (Å²) >= 11 is 0. The minimum absolute atomic E-state index is 0.323. The number of aryl methyl sites for hydroxylation is 1. The Hall–Kier alpha value is -2.88. The molecule has 0 heterocycles. The van der Waals surface area contributed by atoms with E-state index in [1.165, 1.54) is 0 Å². The molecule has 0 fully saturated rings. The van der Waals surface area contributed by atoms with E-state index in [9.17, 15) is 9.59 Å². The third-order valence-corrected chi connectivity index (χ3v) is 4.33. The summed E-state index contributed by atoms with van der Waals surface area (Å²) in [5, 5.41) is 0. The molecule has 3 rings (SSSR count). The third kappa shape index (κ3) is 4.60. The largest absolute Gasteiger partial charge is 0.454 e. The van der Waals surface area contributed by atoms with Crippen molar-refractivity contribution in [1.82, 2.24) is 0 Å². The Morgan fingerprint density at radius 2 is 1.73 bits per heavy atom. The molecule has 2 aliphatic carbocycles. The van der Waals surface area contributed by atoms with E-state index >= 15 is 0 Å². The summed E-state index contributed by atoms with van der Waals surface area (Å²) in [7, 11) is 0. The smallest absolute Gasteiger partial charge is 0.343 e. The van der Waals surface area contributed by atoms with Gasteiger partial charge >= 0.3 is 11.9 Å². The lowest BCUT2D eigenvalue weighted by molar-refractivity contribution is -0.141. The van der Waals surface area contributed by atoms with Crippen LogP contribution in [0.4, 0.5) is 0 Å². The van der Waals surface area contributed by atoms with Gasteiger partial charge in [-0.3, -0.25) is 0 Å². The van der Waals surface area contributed by atoms with Crippen LogP contribution in [0.15, 0.2) is 72.1 Å². The zero-order chi connectivity index (χ0) is 18.5. The maximum atomic E-state index is 12.2. The number of allylic oxidation sites excluding steroid dienone is 3. The average Bonchev–Trinajstić information content (AvgIpc) is 2.64. The molecule has 0 amide bonds. The van der Waals surface area contributed by atoms with E-state index in [1.807, 2.05) is 37.3 Å². The highest BCUT2D eigenvalue weighted by molar-refractivity contribution is 5.92. The van der Waals surface area contributed by atoms with Crippen LogP contribution in [0.3, 0.4) is 0 Å². The first-order chi connectivity index (χ1) is 12.5. The third-order valence-electron chi connectivity index (χ3n) is 4.33. The number of rotatable bonds is 4. The van der Waals surface area contributed by atoms with Gasteiger partial charge in [-0.25, -0.2) is 9.59 Å². The van der Waals surface area contributed by atoms with Crippen LogP contribution in [-0.2, 0) is 14.3 Å². The monoisotopic (exact) mass is 350 g/mol. The molecule has 2 atom stereocenters. The van der Waals surface area contributed by atoms with Crippen molar-refractivity contribution >= 4 is 11.9 Å². The predicted octanol–water partition coefficient (Wildman–Crippen LogP) is 4.43. The van der Waals surface area contributed by atoms with Crippen LogP contribution < -0.4 is 0 Å². The molecule has 0 radical (unpaired) electrons. The molecular weight excluding hydrogens is 328 g/mol. The van der Waals surface area contributed by atoms with Crippen LogP contribution in [0, 0.1) is 12.8 Å². The summed E-state index contributed by atoms with van der Waals surface area (Å²) in [6, 6.07) is 7.21. The number of carbonyl (C=O) groups excluding carboxylic acids is 2. The van der Waals surface area contributed by atoms with Crippen LogP contribution in [0.5, 0.6) is 0 Å². The highest BCUT2D eigenvalue weighted by Crippen LogP contribution is 2.20. The second-order valence-corrected chi connectivity index (χ2v) is 6.63. The molecule has 0 saturated carbocycles. The minimum Gasteiger partial charge on any atom is -0.454 e. The first kappa shape index (κ1) is 17.9. The van der Waals surface area contributed by atoms with Gasteiger partial charge in [0.2, 0.25) is 0 Å². The van der Waals surface area contributed by atoms with E-state index in [4.69, 9.17) is 9.47 Å². The number of ether oxygens (including phenoxy) is 2. The SMILES string of the molecule is Cc1ccc(C(=O)OC2=CCC(OC(=O)C3=CCC(C)C=C3)C=C2)cc1. The summed E-state index contributed by atoms with van der Waals surface area (Å²) in [5.74, 6) is 0.197. The van der Waals surface area contributed by atoms with Gasteiger partial charge in [-0.15, -0.1) is 0 Å². The second-order valence-electron chi connectivity index (χ2n) is 6.63. The van der Waals surface area contributed by atoms with Crippen LogP contribution in [0.25, 0.3) is 0 Å². The second kappa shape index (κ2) is 8.00. The molecule has 4 heteroatoms. The van der Waals surface area contributed by atoms with Crippen LogP contribution >= 0.6 is 0 Å². The van der Waals surface area contributed by atoms with E-state index in [2.05, 4.69) is 6.92 Å². The molecule has 0 N–H and O–H groups in total. The minimum atomic E-state index is -0.400. The van der Waals surface area contributed by atoms with Crippen molar-refractivity contribution in [1.29, 1.82) is 0 Å². The van der Waals surface area contributed by atoms with Gasteiger partial charge in [0.05, 0.1) is 11.1 Å². The number of hydrogen-bond acceptors (Lipinski definition) is 4. The molecular formula is C22H22O4. The quantitative estimate of drug-likeness (QED) is 0.754. The first-order valence-corrected chi connectivity index (χ1v) is 8.78. The average molecular weight is 350 g/mol. The number of carbonyl (C=O) groups is 2. The van der Waals surface area contributed by atoms with Gasteiger partial charge in [-0.1, -0.05) is 42.8 Å². The number of esters is 2. The Morgan fingerprint density at radius 1 is 0.962 bits per heavy atom. The van der Waals surface area contributed by atoms with Gasteiger partial charge in [-0.2, -0.15) is 0 Å². The van der Waals surface area contributed by atoms with E-state index < -0.39 is 5.97 Å². The summed E-state index contributed by atoms with van der Waals surface area (Å²) in [4.78, 5) is 24.3. The Morgan fingerprint density at radius 3 is 2.35 bits per heavy atom. The predicted molar refractivity (Wildman–Crippen MR) is 99.3 cm³/mol. The van der Waals surface area contributed by atoms with E-state index in [0.29, 0.717) is 29.2 Å². The van der Waals surface area contributed by atoms with Gasteiger partial charge in [0.15, 0.2) is 0 Å². The molecule has 4 nitrogen and oxygen atoms in total. The van der Waals surface area contributed by atoms with Gasteiger partial charge in [0, 0.05) is 6.42 Å². The molecule has 0 saturated heterocycles. The van der Waals surface area contributed by atoms with Crippen molar-refractivity contribution in [2.75, 3.05) is 0 Å². The molecule has 0 aromatic heterocycles. The van der Waals surface area contributed by atoms with Crippen molar-refractivity contribution < 1.29 is 19.1 Å². The van der Waals surface area contributed by atoms with Crippen LogP contribution in [-0.4, -0.2) is 18.0 Å². The first-order valence-electron chi connectivity index (χ1n) is 8.78.